The summed E-state index contributed by atoms with van der Waals surface area (Å²) in [6, 6.07) is 9.28. The SMILES string of the molecule is CS(=O)(=O)Nc1cc2oc(Cc3ccc(F)cc3)c(C(N)=O)c2cc1C1CC1. The molecule has 0 unspecified atom stereocenters. The molecule has 1 aromatic heterocycles. The molecule has 3 aromatic rings. The van der Waals surface area contributed by atoms with E-state index in [1.54, 1.807) is 24.3 Å². The number of primary amides is 1. The predicted octanol–water partition coefficient (Wildman–Crippen LogP) is 3.51. The van der Waals surface area contributed by atoms with E-state index in [-0.39, 0.29) is 23.7 Å². The molecule has 8 heteroatoms. The quantitative estimate of drug-likeness (QED) is 0.659. The van der Waals surface area contributed by atoms with Gasteiger partial charge in [0.25, 0.3) is 5.91 Å². The van der Waals surface area contributed by atoms with Crippen LogP contribution in [-0.4, -0.2) is 20.6 Å². The minimum absolute atomic E-state index is 0.241. The van der Waals surface area contributed by atoms with Crippen LogP contribution in [-0.2, 0) is 16.4 Å². The topological polar surface area (TPSA) is 102 Å². The van der Waals surface area contributed by atoms with Crippen LogP contribution in [0.3, 0.4) is 0 Å². The average molecular weight is 402 g/mol. The molecule has 28 heavy (non-hydrogen) atoms. The van der Waals surface area contributed by atoms with E-state index in [4.69, 9.17) is 10.2 Å². The molecule has 1 aliphatic carbocycles. The van der Waals surface area contributed by atoms with Crippen molar-refractivity contribution in [3.8, 4) is 0 Å². The van der Waals surface area contributed by atoms with Crippen LogP contribution in [0.4, 0.5) is 10.1 Å². The first-order chi connectivity index (χ1) is 13.2. The number of fused-ring (bicyclic) bond motifs is 1. The van der Waals surface area contributed by atoms with Gasteiger partial charge in [-0.25, -0.2) is 12.8 Å². The lowest BCUT2D eigenvalue weighted by Crippen LogP contribution is -2.13. The van der Waals surface area contributed by atoms with Gasteiger partial charge < -0.3 is 10.2 Å². The van der Waals surface area contributed by atoms with Crippen molar-refractivity contribution in [2.45, 2.75) is 25.2 Å². The maximum atomic E-state index is 13.2. The van der Waals surface area contributed by atoms with Crippen LogP contribution in [0.1, 0.15) is 46.0 Å². The van der Waals surface area contributed by atoms with Crippen LogP contribution in [0.2, 0.25) is 0 Å². The van der Waals surface area contributed by atoms with Crippen LogP contribution in [0.25, 0.3) is 11.0 Å². The van der Waals surface area contributed by atoms with Gasteiger partial charge in [0.15, 0.2) is 0 Å². The maximum absolute atomic E-state index is 13.2. The molecule has 0 spiro atoms. The second-order valence-electron chi connectivity index (χ2n) is 7.15. The summed E-state index contributed by atoms with van der Waals surface area (Å²) in [6.45, 7) is 0. The van der Waals surface area contributed by atoms with Gasteiger partial charge in [0, 0.05) is 17.9 Å². The predicted molar refractivity (Wildman–Crippen MR) is 104 cm³/mol. The minimum atomic E-state index is -3.47. The van der Waals surface area contributed by atoms with Crippen molar-refractivity contribution in [1.82, 2.24) is 0 Å². The van der Waals surface area contributed by atoms with Crippen LogP contribution in [0.15, 0.2) is 40.8 Å². The fourth-order valence-electron chi connectivity index (χ4n) is 3.41. The van der Waals surface area contributed by atoms with Crippen molar-refractivity contribution in [3.05, 3.63) is 64.7 Å². The van der Waals surface area contributed by atoms with E-state index in [1.807, 2.05) is 0 Å². The summed E-state index contributed by atoms with van der Waals surface area (Å²) in [7, 11) is -3.47. The van der Waals surface area contributed by atoms with Crippen molar-refractivity contribution < 1.29 is 22.0 Å². The molecule has 4 rings (SSSR count). The Labute approximate surface area is 161 Å². The van der Waals surface area contributed by atoms with E-state index in [2.05, 4.69) is 4.72 Å². The highest BCUT2D eigenvalue weighted by Gasteiger charge is 2.29. The molecule has 0 radical (unpaired) electrons. The zero-order valence-corrected chi connectivity index (χ0v) is 16.0. The largest absolute Gasteiger partial charge is 0.460 e. The molecule has 6 nitrogen and oxygen atoms in total. The fourth-order valence-corrected chi connectivity index (χ4v) is 3.99. The molecule has 0 atom stereocenters. The van der Waals surface area contributed by atoms with Crippen molar-refractivity contribution in [2.75, 3.05) is 11.0 Å². The number of amides is 1. The average Bonchev–Trinajstić information content (AvgIpc) is 3.36. The zero-order chi connectivity index (χ0) is 20.1. The highest BCUT2D eigenvalue weighted by Crippen LogP contribution is 2.46. The number of hydrogen-bond acceptors (Lipinski definition) is 4. The Morgan fingerprint density at radius 3 is 2.50 bits per heavy atom. The van der Waals surface area contributed by atoms with Crippen LogP contribution < -0.4 is 10.5 Å². The van der Waals surface area contributed by atoms with Gasteiger partial charge in [-0.05, 0) is 48.1 Å². The summed E-state index contributed by atoms with van der Waals surface area (Å²) < 4.78 is 45.0. The number of nitrogens with two attached hydrogens (primary N) is 1. The number of rotatable bonds is 6. The minimum Gasteiger partial charge on any atom is -0.460 e. The molecular weight excluding hydrogens is 383 g/mol. The van der Waals surface area contributed by atoms with Gasteiger partial charge in [0.1, 0.15) is 17.2 Å². The zero-order valence-electron chi connectivity index (χ0n) is 15.2. The highest BCUT2D eigenvalue weighted by atomic mass is 32.2. The second-order valence-corrected chi connectivity index (χ2v) is 8.90. The monoisotopic (exact) mass is 402 g/mol. The summed E-state index contributed by atoms with van der Waals surface area (Å²) in [4.78, 5) is 12.1. The Morgan fingerprint density at radius 1 is 1.25 bits per heavy atom. The van der Waals surface area contributed by atoms with E-state index >= 15 is 0 Å². The van der Waals surface area contributed by atoms with Crippen molar-refractivity contribution in [2.24, 2.45) is 5.73 Å². The number of carbonyl (C=O) groups is 1. The molecule has 1 fully saturated rings. The second kappa shape index (κ2) is 6.63. The van der Waals surface area contributed by atoms with Gasteiger partial charge in [-0.15, -0.1) is 0 Å². The third-order valence-electron chi connectivity index (χ3n) is 4.77. The Morgan fingerprint density at radius 2 is 1.93 bits per heavy atom. The Bertz CT molecular complexity index is 1180. The normalized spacial score (nSPS) is 14.4. The van der Waals surface area contributed by atoms with Gasteiger partial charge in [-0.3, -0.25) is 9.52 Å². The number of nitrogens with one attached hydrogen (secondary N) is 1. The van der Waals surface area contributed by atoms with E-state index in [9.17, 15) is 17.6 Å². The smallest absolute Gasteiger partial charge is 0.252 e. The fraction of sp³-hybridized carbons (Fsp3) is 0.250. The first-order valence-corrected chi connectivity index (χ1v) is 10.7. The molecule has 146 valence electrons. The van der Waals surface area contributed by atoms with E-state index in [1.165, 1.54) is 12.1 Å². The molecular formula is C20H19FN2O4S. The van der Waals surface area contributed by atoms with Gasteiger partial charge in [-0.2, -0.15) is 0 Å². The van der Waals surface area contributed by atoms with Gasteiger partial charge >= 0.3 is 0 Å². The number of furan rings is 1. The number of sulfonamides is 1. The van der Waals surface area contributed by atoms with Crippen molar-refractivity contribution >= 4 is 32.6 Å². The standard InChI is InChI=1S/C20H19FN2O4S/c1-28(25,26)23-16-10-17-15(9-14(16)12-4-5-12)19(20(22)24)18(27-17)8-11-2-6-13(21)7-3-11/h2-3,6-7,9-10,12,23H,4-5,8H2,1H3,(H2,22,24). The van der Waals surface area contributed by atoms with Gasteiger partial charge in [0.05, 0.1) is 17.5 Å². The lowest BCUT2D eigenvalue weighted by molar-refractivity contribution is 0.1000. The number of halogens is 1. The van der Waals surface area contributed by atoms with Crippen molar-refractivity contribution in [1.29, 1.82) is 0 Å². The summed E-state index contributed by atoms with van der Waals surface area (Å²) in [5.74, 6) is -0.368. The van der Waals surface area contributed by atoms with E-state index in [0.717, 1.165) is 30.2 Å². The lowest BCUT2D eigenvalue weighted by Gasteiger charge is -2.10. The molecule has 0 aliphatic heterocycles. The van der Waals surface area contributed by atoms with Crippen LogP contribution >= 0.6 is 0 Å². The maximum Gasteiger partial charge on any atom is 0.252 e. The van der Waals surface area contributed by atoms with E-state index < -0.39 is 15.9 Å². The third-order valence-corrected chi connectivity index (χ3v) is 5.36. The summed E-state index contributed by atoms with van der Waals surface area (Å²) in [5, 5.41) is 0.561. The number of anilines is 1. The molecule has 1 aliphatic rings. The first kappa shape index (κ1) is 18.5. The molecule has 3 N–H and O–H groups in total. The molecule has 1 saturated carbocycles. The third kappa shape index (κ3) is 3.73. The van der Waals surface area contributed by atoms with Crippen molar-refractivity contribution in [3.63, 3.8) is 0 Å². The number of benzene rings is 2. The van der Waals surface area contributed by atoms with Crippen LogP contribution in [0.5, 0.6) is 0 Å². The summed E-state index contributed by atoms with van der Waals surface area (Å²) in [6.07, 6.45) is 3.26. The van der Waals surface area contributed by atoms with Crippen LogP contribution in [0, 0.1) is 5.82 Å². The Kier molecular flexibility index (Phi) is 4.38. The molecule has 0 bridgehead atoms. The Hall–Kier alpha value is -2.87. The molecule has 0 saturated heterocycles. The summed E-state index contributed by atoms with van der Waals surface area (Å²) >= 11 is 0. The summed E-state index contributed by atoms with van der Waals surface area (Å²) in [5.41, 5.74) is 8.31. The first-order valence-electron chi connectivity index (χ1n) is 8.82. The van der Waals surface area contributed by atoms with E-state index in [0.29, 0.717) is 22.4 Å². The molecule has 1 heterocycles. The molecule has 2 aromatic carbocycles. The lowest BCUT2D eigenvalue weighted by atomic mass is 10.0. The highest BCUT2D eigenvalue weighted by molar-refractivity contribution is 7.92. The number of carbonyl (C=O) groups excluding carboxylic acids is 1. The molecule has 1 amide bonds. The van der Waals surface area contributed by atoms with Gasteiger partial charge in [-0.1, -0.05) is 12.1 Å². The number of hydrogen-bond donors (Lipinski definition) is 2. The Balaban J connectivity index is 1.85. The van der Waals surface area contributed by atoms with Gasteiger partial charge in [0.2, 0.25) is 10.0 Å².